The lowest BCUT2D eigenvalue weighted by Crippen LogP contribution is -2.51. The molecule has 2 aromatic carbocycles. The van der Waals surface area contributed by atoms with Gasteiger partial charge in [-0.3, -0.25) is 4.79 Å². The van der Waals surface area contributed by atoms with Crippen LogP contribution in [-0.2, 0) is 11.2 Å². The number of carbonyl (C=O) groups is 1. The molecule has 1 aliphatic carbocycles. The van der Waals surface area contributed by atoms with Crippen molar-refractivity contribution in [3.05, 3.63) is 64.7 Å². The molecule has 2 aliphatic rings. The summed E-state index contributed by atoms with van der Waals surface area (Å²) in [5, 5.41) is 0.757. The van der Waals surface area contributed by atoms with Crippen LogP contribution in [0.15, 0.2) is 48.5 Å². The quantitative estimate of drug-likeness (QED) is 0.845. The molecule has 1 unspecified atom stereocenters. The molecule has 2 aromatic rings. The first-order chi connectivity index (χ1) is 11.2. The molecule has 0 saturated carbocycles. The van der Waals surface area contributed by atoms with E-state index in [0.717, 1.165) is 43.3 Å². The van der Waals surface area contributed by atoms with Crippen LogP contribution in [0.5, 0.6) is 0 Å². The Morgan fingerprint density at radius 3 is 2.52 bits per heavy atom. The summed E-state index contributed by atoms with van der Waals surface area (Å²) in [5.74, 6) is 0.360. The summed E-state index contributed by atoms with van der Waals surface area (Å²) in [7, 11) is 0. The predicted octanol–water partition coefficient (Wildman–Crippen LogP) is 3.33. The van der Waals surface area contributed by atoms with Gasteiger partial charge in [0.2, 0.25) is 5.91 Å². The highest BCUT2D eigenvalue weighted by Gasteiger charge is 2.35. The molecule has 1 saturated heterocycles. The molecule has 0 spiro atoms. The van der Waals surface area contributed by atoms with Crippen LogP contribution in [0.4, 0.5) is 5.69 Å². The topological polar surface area (TPSA) is 23.6 Å². The largest absolute Gasteiger partial charge is 0.368 e. The molecule has 1 aliphatic heterocycles. The standard InChI is InChI=1S/C19H19ClN2O/c20-15-5-3-6-16(13-15)21-8-10-22(11-9-21)19(23)18-12-14-4-1-2-7-17(14)18/h1-7,13,18H,8-12H2. The molecule has 0 N–H and O–H groups in total. The minimum Gasteiger partial charge on any atom is -0.368 e. The highest BCUT2D eigenvalue weighted by atomic mass is 35.5. The number of hydrogen-bond donors (Lipinski definition) is 0. The summed E-state index contributed by atoms with van der Waals surface area (Å²) >= 11 is 6.07. The fourth-order valence-electron chi connectivity index (χ4n) is 3.56. The monoisotopic (exact) mass is 326 g/mol. The third-order valence-corrected chi connectivity index (χ3v) is 5.15. The molecule has 0 aromatic heterocycles. The van der Waals surface area contributed by atoms with Crippen LogP contribution >= 0.6 is 11.6 Å². The van der Waals surface area contributed by atoms with Crippen LogP contribution in [0.1, 0.15) is 17.0 Å². The zero-order valence-corrected chi connectivity index (χ0v) is 13.7. The second-order valence-corrected chi connectivity index (χ2v) is 6.68. The van der Waals surface area contributed by atoms with Gasteiger partial charge in [-0.1, -0.05) is 41.9 Å². The maximum atomic E-state index is 12.7. The zero-order valence-electron chi connectivity index (χ0n) is 12.9. The SMILES string of the molecule is O=C(C1Cc2ccccc21)N1CCN(c2cccc(Cl)c2)CC1. The first kappa shape index (κ1) is 14.6. The Kier molecular flexibility index (Phi) is 3.74. The number of benzene rings is 2. The van der Waals surface area contributed by atoms with Gasteiger partial charge in [-0.05, 0) is 35.7 Å². The normalized spacial score (nSPS) is 20.0. The number of hydrogen-bond acceptors (Lipinski definition) is 2. The van der Waals surface area contributed by atoms with E-state index in [9.17, 15) is 4.79 Å². The minimum atomic E-state index is 0.0731. The number of halogens is 1. The number of nitrogens with zero attached hydrogens (tertiary/aromatic N) is 2. The van der Waals surface area contributed by atoms with Crippen molar-refractivity contribution in [3.8, 4) is 0 Å². The van der Waals surface area contributed by atoms with Gasteiger partial charge in [0.05, 0.1) is 5.92 Å². The number of piperazine rings is 1. The van der Waals surface area contributed by atoms with Gasteiger partial charge in [-0.15, -0.1) is 0 Å². The molecular formula is C19H19ClN2O. The van der Waals surface area contributed by atoms with Gasteiger partial charge in [-0.25, -0.2) is 0 Å². The van der Waals surface area contributed by atoms with E-state index < -0.39 is 0 Å². The second-order valence-electron chi connectivity index (χ2n) is 6.25. The van der Waals surface area contributed by atoms with Crippen molar-refractivity contribution in [1.82, 2.24) is 4.90 Å². The van der Waals surface area contributed by atoms with Gasteiger partial charge in [0.1, 0.15) is 0 Å². The Morgan fingerprint density at radius 2 is 1.78 bits per heavy atom. The molecule has 1 fully saturated rings. The van der Waals surface area contributed by atoms with Gasteiger partial charge in [0, 0.05) is 36.9 Å². The smallest absolute Gasteiger partial charge is 0.230 e. The fourth-order valence-corrected chi connectivity index (χ4v) is 3.74. The highest BCUT2D eigenvalue weighted by molar-refractivity contribution is 6.30. The van der Waals surface area contributed by atoms with Gasteiger partial charge in [-0.2, -0.15) is 0 Å². The van der Waals surface area contributed by atoms with Crippen LogP contribution < -0.4 is 4.90 Å². The van der Waals surface area contributed by atoms with E-state index in [1.807, 2.05) is 35.2 Å². The summed E-state index contributed by atoms with van der Waals surface area (Å²) in [6.07, 6.45) is 0.892. The van der Waals surface area contributed by atoms with E-state index >= 15 is 0 Å². The first-order valence-electron chi connectivity index (χ1n) is 8.09. The van der Waals surface area contributed by atoms with Crippen molar-refractivity contribution in [2.75, 3.05) is 31.1 Å². The summed E-state index contributed by atoms with van der Waals surface area (Å²) < 4.78 is 0. The molecule has 1 atom stereocenters. The average Bonchev–Trinajstić information content (AvgIpc) is 2.56. The molecule has 1 amide bonds. The highest BCUT2D eigenvalue weighted by Crippen LogP contribution is 2.36. The molecular weight excluding hydrogens is 308 g/mol. The fraction of sp³-hybridized carbons (Fsp3) is 0.316. The lowest BCUT2D eigenvalue weighted by atomic mass is 9.77. The van der Waals surface area contributed by atoms with Crippen LogP contribution in [-0.4, -0.2) is 37.0 Å². The van der Waals surface area contributed by atoms with Crippen molar-refractivity contribution >= 4 is 23.2 Å². The summed E-state index contributed by atoms with van der Waals surface area (Å²) in [6.45, 7) is 3.29. The first-order valence-corrected chi connectivity index (χ1v) is 8.47. The number of rotatable bonds is 2. The lowest BCUT2D eigenvalue weighted by Gasteiger charge is -2.40. The maximum absolute atomic E-state index is 12.7. The van der Waals surface area contributed by atoms with E-state index in [1.165, 1.54) is 11.1 Å². The molecule has 0 radical (unpaired) electrons. The Labute approximate surface area is 141 Å². The van der Waals surface area contributed by atoms with E-state index in [2.05, 4.69) is 23.1 Å². The Morgan fingerprint density at radius 1 is 1.00 bits per heavy atom. The average molecular weight is 327 g/mol. The van der Waals surface area contributed by atoms with Gasteiger partial charge in [0.25, 0.3) is 0 Å². The van der Waals surface area contributed by atoms with Crippen molar-refractivity contribution in [2.24, 2.45) is 0 Å². The van der Waals surface area contributed by atoms with Gasteiger partial charge in [0.15, 0.2) is 0 Å². The third kappa shape index (κ3) is 2.70. The molecule has 4 heteroatoms. The Hall–Kier alpha value is -2.00. The lowest BCUT2D eigenvalue weighted by molar-refractivity contribution is -0.133. The van der Waals surface area contributed by atoms with Crippen LogP contribution in [0.2, 0.25) is 5.02 Å². The van der Waals surface area contributed by atoms with E-state index in [0.29, 0.717) is 0 Å². The predicted molar refractivity (Wildman–Crippen MR) is 93.1 cm³/mol. The molecule has 3 nitrogen and oxygen atoms in total. The summed E-state index contributed by atoms with van der Waals surface area (Å²) in [5.41, 5.74) is 3.68. The maximum Gasteiger partial charge on any atom is 0.230 e. The minimum absolute atomic E-state index is 0.0731. The van der Waals surface area contributed by atoms with Crippen LogP contribution in [0.3, 0.4) is 0 Å². The Balaban J connectivity index is 1.40. The molecule has 4 rings (SSSR count). The van der Waals surface area contributed by atoms with Crippen molar-refractivity contribution in [3.63, 3.8) is 0 Å². The molecule has 118 valence electrons. The van der Waals surface area contributed by atoms with Crippen LogP contribution in [0.25, 0.3) is 0 Å². The molecule has 23 heavy (non-hydrogen) atoms. The molecule has 1 heterocycles. The number of carbonyl (C=O) groups excluding carboxylic acids is 1. The number of anilines is 1. The second kappa shape index (κ2) is 5.89. The van der Waals surface area contributed by atoms with E-state index in [-0.39, 0.29) is 11.8 Å². The van der Waals surface area contributed by atoms with Crippen molar-refractivity contribution in [2.45, 2.75) is 12.3 Å². The van der Waals surface area contributed by atoms with Crippen molar-refractivity contribution < 1.29 is 4.79 Å². The zero-order chi connectivity index (χ0) is 15.8. The van der Waals surface area contributed by atoms with Gasteiger partial charge >= 0.3 is 0 Å². The van der Waals surface area contributed by atoms with Gasteiger partial charge < -0.3 is 9.80 Å². The van der Waals surface area contributed by atoms with Crippen LogP contribution in [0, 0.1) is 0 Å². The van der Waals surface area contributed by atoms with Crippen molar-refractivity contribution in [1.29, 1.82) is 0 Å². The number of amides is 1. The molecule has 0 bridgehead atoms. The third-order valence-electron chi connectivity index (χ3n) is 4.92. The summed E-state index contributed by atoms with van der Waals surface area (Å²) in [4.78, 5) is 17.0. The summed E-state index contributed by atoms with van der Waals surface area (Å²) in [6, 6.07) is 16.2. The number of fused-ring (bicyclic) bond motifs is 1. The van der Waals surface area contributed by atoms with E-state index in [4.69, 9.17) is 11.6 Å². The van der Waals surface area contributed by atoms with E-state index in [1.54, 1.807) is 0 Å². The Bertz CT molecular complexity index is 738.